The number of nitrogens with one attached hydrogen (secondary N) is 1. The van der Waals surface area contributed by atoms with E-state index in [1.54, 1.807) is 6.26 Å². The van der Waals surface area contributed by atoms with Crippen molar-refractivity contribution in [3.8, 4) is 5.75 Å². The molecule has 1 N–H and O–H groups in total. The standard InChI is InChI=1S/C17H22ClNO2/c1-4-10-19-16(15-9-11-20-17(15)18)13-5-7-14(8-6-13)21-12(2)3/h5-9,11-12,16,19H,4,10H2,1-3H3. The van der Waals surface area contributed by atoms with Gasteiger partial charge in [0.15, 0.2) is 5.22 Å². The van der Waals surface area contributed by atoms with E-state index in [0.29, 0.717) is 5.22 Å². The average molecular weight is 308 g/mol. The summed E-state index contributed by atoms with van der Waals surface area (Å²) in [4.78, 5) is 0. The SMILES string of the molecule is CCCNC(c1ccc(OC(C)C)cc1)c1ccoc1Cl. The maximum atomic E-state index is 6.13. The smallest absolute Gasteiger partial charge is 0.198 e. The van der Waals surface area contributed by atoms with E-state index in [-0.39, 0.29) is 12.1 Å². The Hall–Kier alpha value is -1.45. The Bertz CT molecular complexity index is 548. The highest BCUT2D eigenvalue weighted by Gasteiger charge is 2.18. The normalized spacial score (nSPS) is 12.6. The summed E-state index contributed by atoms with van der Waals surface area (Å²) in [6.07, 6.45) is 2.85. The number of benzene rings is 1. The Balaban J connectivity index is 2.22. The van der Waals surface area contributed by atoms with Crippen molar-refractivity contribution in [2.24, 2.45) is 0 Å². The van der Waals surface area contributed by atoms with Gasteiger partial charge in [0.1, 0.15) is 5.75 Å². The van der Waals surface area contributed by atoms with E-state index in [0.717, 1.165) is 29.8 Å². The fourth-order valence-electron chi connectivity index (χ4n) is 2.22. The summed E-state index contributed by atoms with van der Waals surface area (Å²) in [5.74, 6) is 0.876. The molecule has 0 aliphatic heterocycles. The molecule has 21 heavy (non-hydrogen) atoms. The van der Waals surface area contributed by atoms with Crippen molar-refractivity contribution in [3.63, 3.8) is 0 Å². The molecule has 0 saturated carbocycles. The van der Waals surface area contributed by atoms with Crippen LogP contribution in [0.3, 0.4) is 0 Å². The third-order valence-corrected chi connectivity index (χ3v) is 3.45. The molecule has 1 unspecified atom stereocenters. The number of halogens is 1. The number of rotatable bonds is 7. The first-order valence-electron chi connectivity index (χ1n) is 7.34. The highest BCUT2D eigenvalue weighted by atomic mass is 35.5. The number of hydrogen-bond donors (Lipinski definition) is 1. The van der Waals surface area contributed by atoms with Crippen molar-refractivity contribution in [2.45, 2.75) is 39.3 Å². The van der Waals surface area contributed by atoms with Crippen LogP contribution in [-0.2, 0) is 0 Å². The first-order chi connectivity index (χ1) is 10.1. The minimum absolute atomic E-state index is 0.0318. The van der Waals surface area contributed by atoms with Crippen LogP contribution in [0.25, 0.3) is 0 Å². The number of furan rings is 1. The van der Waals surface area contributed by atoms with Gasteiger partial charge >= 0.3 is 0 Å². The van der Waals surface area contributed by atoms with E-state index in [4.69, 9.17) is 20.8 Å². The fourth-order valence-corrected chi connectivity index (χ4v) is 2.44. The summed E-state index contributed by atoms with van der Waals surface area (Å²) < 4.78 is 10.9. The summed E-state index contributed by atoms with van der Waals surface area (Å²) in [6.45, 7) is 7.09. The van der Waals surface area contributed by atoms with Crippen LogP contribution in [-0.4, -0.2) is 12.6 Å². The van der Waals surface area contributed by atoms with Gasteiger partial charge in [0.05, 0.1) is 18.4 Å². The van der Waals surface area contributed by atoms with Gasteiger partial charge in [-0.1, -0.05) is 19.1 Å². The lowest BCUT2D eigenvalue weighted by atomic mass is 10.0. The van der Waals surface area contributed by atoms with E-state index < -0.39 is 0 Å². The molecule has 0 radical (unpaired) electrons. The maximum Gasteiger partial charge on any atom is 0.198 e. The van der Waals surface area contributed by atoms with Crippen molar-refractivity contribution >= 4 is 11.6 Å². The lowest BCUT2D eigenvalue weighted by Crippen LogP contribution is -2.23. The van der Waals surface area contributed by atoms with E-state index in [1.165, 1.54) is 0 Å². The maximum absolute atomic E-state index is 6.13. The van der Waals surface area contributed by atoms with E-state index in [1.807, 2.05) is 32.0 Å². The van der Waals surface area contributed by atoms with Gasteiger partial charge in [-0.05, 0) is 62.2 Å². The number of ether oxygens (including phenoxy) is 1. The van der Waals surface area contributed by atoms with Gasteiger partial charge in [-0.3, -0.25) is 0 Å². The summed E-state index contributed by atoms with van der Waals surface area (Å²) in [7, 11) is 0. The third kappa shape index (κ3) is 4.26. The zero-order chi connectivity index (χ0) is 15.2. The topological polar surface area (TPSA) is 34.4 Å². The first kappa shape index (κ1) is 15.9. The highest BCUT2D eigenvalue weighted by molar-refractivity contribution is 6.29. The predicted octanol–water partition coefficient (Wildman–Crippen LogP) is 4.81. The van der Waals surface area contributed by atoms with E-state index >= 15 is 0 Å². The Kier molecular flexibility index (Phi) is 5.71. The second-order valence-corrected chi connectivity index (χ2v) is 5.62. The minimum Gasteiger partial charge on any atom is -0.491 e. The van der Waals surface area contributed by atoms with Gasteiger partial charge in [0.2, 0.25) is 0 Å². The Morgan fingerprint density at radius 2 is 1.90 bits per heavy atom. The van der Waals surface area contributed by atoms with Crippen LogP contribution in [0.5, 0.6) is 5.75 Å². The van der Waals surface area contributed by atoms with Crippen LogP contribution in [0.1, 0.15) is 44.4 Å². The van der Waals surface area contributed by atoms with Gasteiger partial charge in [-0.25, -0.2) is 0 Å². The molecule has 1 atom stereocenters. The Morgan fingerprint density at radius 3 is 2.43 bits per heavy atom. The minimum atomic E-state index is 0.0318. The van der Waals surface area contributed by atoms with Gasteiger partial charge in [0, 0.05) is 5.56 Å². The second kappa shape index (κ2) is 7.53. The van der Waals surface area contributed by atoms with Crippen molar-refractivity contribution in [1.82, 2.24) is 5.32 Å². The summed E-state index contributed by atoms with van der Waals surface area (Å²) in [5.41, 5.74) is 2.10. The van der Waals surface area contributed by atoms with Crippen molar-refractivity contribution < 1.29 is 9.15 Å². The fraction of sp³-hybridized carbons (Fsp3) is 0.412. The Labute approximate surface area is 131 Å². The third-order valence-electron chi connectivity index (χ3n) is 3.14. The summed E-state index contributed by atoms with van der Waals surface area (Å²) in [5, 5.41) is 3.94. The molecule has 0 spiro atoms. The van der Waals surface area contributed by atoms with Gasteiger partial charge < -0.3 is 14.5 Å². The van der Waals surface area contributed by atoms with Gasteiger partial charge in [-0.2, -0.15) is 0 Å². The van der Waals surface area contributed by atoms with Crippen LogP contribution < -0.4 is 10.1 Å². The van der Waals surface area contributed by atoms with Crippen molar-refractivity contribution in [3.05, 3.63) is 52.9 Å². The van der Waals surface area contributed by atoms with Gasteiger partial charge in [-0.15, -0.1) is 0 Å². The summed E-state index contributed by atoms with van der Waals surface area (Å²) in [6, 6.07) is 10.1. The molecule has 1 aromatic carbocycles. The molecule has 2 rings (SSSR count). The number of hydrogen-bond acceptors (Lipinski definition) is 3. The molecule has 3 nitrogen and oxygen atoms in total. The van der Waals surface area contributed by atoms with Crippen LogP contribution in [0.2, 0.25) is 5.22 Å². The molecule has 1 heterocycles. The molecule has 0 bridgehead atoms. The van der Waals surface area contributed by atoms with Crippen LogP contribution in [0.4, 0.5) is 0 Å². The molecule has 0 aliphatic rings. The first-order valence-corrected chi connectivity index (χ1v) is 7.72. The lowest BCUT2D eigenvalue weighted by Gasteiger charge is -2.19. The zero-order valence-electron chi connectivity index (χ0n) is 12.7. The molecule has 114 valence electrons. The van der Waals surface area contributed by atoms with Gasteiger partial charge in [0.25, 0.3) is 0 Å². The zero-order valence-corrected chi connectivity index (χ0v) is 13.5. The summed E-state index contributed by atoms with van der Waals surface area (Å²) >= 11 is 6.13. The predicted molar refractivity (Wildman–Crippen MR) is 86.1 cm³/mol. The van der Waals surface area contributed by atoms with Crippen LogP contribution in [0, 0.1) is 0 Å². The largest absolute Gasteiger partial charge is 0.491 e. The average Bonchev–Trinajstić information content (AvgIpc) is 2.87. The quantitative estimate of drug-likeness (QED) is 0.797. The van der Waals surface area contributed by atoms with E-state index in [2.05, 4.69) is 24.4 Å². The monoisotopic (exact) mass is 307 g/mol. The molecule has 4 heteroatoms. The van der Waals surface area contributed by atoms with Crippen molar-refractivity contribution in [2.75, 3.05) is 6.54 Å². The lowest BCUT2D eigenvalue weighted by molar-refractivity contribution is 0.242. The molecule has 0 fully saturated rings. The van der Waals surface area contributed by atoms with E-state index in [9.17, 15) is 0 Å². The molecule has 0 saturated heterocycles. The van der Waals surface area contributed by atoms with Crippen LogP contribution in [0.15, 0.2) is 41.0 Å². The highest BCUT2D eigenvalue weighted by Crippen LogP contribution is 2.30. The molecular formula is C17H22ClNO2. The molecule has 2 aromatic rings. The van der Waals surface area contributed by atoms with Crippen molar-refractivity contribution in [1.29, 1.82) is 0 Å². The van der Waals surface area contributed by atoms with Crippen LogP contribution >= 0.6 is 11.6 Å². The molecule has 0 aliphatic carbocycles. The second-order valence-electron chi connectivity index (χ2n) is 5.27. The molecule has 0 amide bonds. The molecular weight excluding hydrogens is 286 g/mol. The Morgan fingerprint density at radius 1 is 1.19 bits per heavy atom. The molecule has 1 aromatic heterocycles.